The van der Waals surface area contributed by atoms with Crippen LogP contribution in [0.5, 0.6) is 0 Å². The predicted octanol–water partition coefficient (Wildman–Crippen LogP) is 0.961. The number of aliphatic carboxylic acids is 1. The number of rotatable bonds is 3. The molecule has 1 aromatic carbocycles. The van der Waals surface area contributed by atoms with E-state index in [1.807, 2.05) is 24.3 Å². The first-order valence-corrected chi connectivity index (χ1v) is 7.11. The van der Waals surface area contributed by atoms with Crippen molar-refractivity contribution >= 4 is 23.3 Å². The highest BCUT2D eigenvalue weighted by Crippen LogP contribution is 2.27. The molecule has 6 nitrogen and oxygen atoms in total. The lowest BCUT2D eigenvalue weighted by Crippen LogP contribution is -2.36. The first-order valence-electron chi connectivity index (χ1n) is 7.11. The van der Waals surface area contributed by atoms with Gasteiger partial charge in [-0.3, -0.25) is 9.59 Å². The molecular formula is C15H18N2O4. The number of hydrogen-bond acceptors (Lipinski definition) is 4. The number of benzene rings is 1. The third kappa shape index (κ3) is 2.85. The monoisotopic (exact) mass is 290 g/mol. The SMILES string of the molecule is O=C(O)[C@@H]1CC(=O)N(c2ccc(N3CCOCC3)cc2)C1. The van der Waals surface area contributed by atoms with E-state index in [1.165, 1.54) is 0 Å². The average molecular weight is 290 g/mol. The summed E-state index contributed by atoms with van der Waals surface area (Å²) in [5.74, 6) is -1.63. The van der Waals surface area contributed by atoms with Crippen molar-refractivity contribution in [1.29, 1.82) is 0 Å². The van der Waals surface area contributed by atoms with Crippen LogP contribution >= 0.6 is 0 Å². The molecule has 112 valence electrons. The summed E-state index contributed by atoms with van der Waals surface area (Å²) in [7, 11) is 0. The minimum atomic E-state index is -0.907. The summed E-state index contributed by atoms with van der Waals surface area (Å²) in [5.41, 5.74) is 1.87. The fourth-order valence-electron chi connectivity index (χ4n) is 2.79. The zero-order chi connectivity index (χ0) is 14.8. The molecule has 1 N–H and O–H groups in total. The maximum atomic E-state index is 11.9. The number of carbonyl (C=O) groups excluding carboxylic acids is 1. The van der Waals surface area contributed by atoms with Gasteiger partial charge < -0.3 is 19.6 Å². The first-order chi connectivity index (χ1) is 10.1. The number of nitrogens with zero attached hydrogens (tertiary/aromatic N) is 2. The third-order valence-corrected chi connectivity index (χ3v) is 4.01. The summed E-state index contributed by atoms with van der Waals surface area (Å²) >= 11 is 0. The van der Waals surface area contributed by atoms with E-state index in [4.69, 9.17) is 9.84 Å². The van der Waals surface area contributed by atoms with Crippen LogP contribution in [0.2, 0.25) is 0 Å². The second-order valence-corrected chi connectivity index (χ2v) is 5.36. The van der Waals surface area contributed by atoms with Crippen LogP contribution in [-0.4, -0.2) is 49.8 Å². The fourth-order valence-corrected chi connectivity index (χ4v) is 2.79. The molecule has 2 saturated heterocycles. The summed E-state index contributed by atoms with van der Waals surface area (Å²) in [6.45, 7) is 3.44. The van der Waals surface area contributed by atoms with E-state index in [9.17, 15) is 9.59 Å². The largest absolute Gasteiger partial charge is 0.481 e. The highest BCUT2D eigenvalue weighted by molar-refractivity contribution is 5.99. The molecule has 3 rings (SSSR count). The van der Waals surface area contributed by atoms with Crippen molar-refractivity contribution in [1.82, 2.24) is 0 Å². The highest BCUT2D eigenvalue weighted by Gasteiger charge is 2.35. The van der Waals surface area contributed by atoms with E-state index in [0.717, 1.165) is 37.7 Å². The lowest BCUT2D eigenvalue weighted by atomic mass is 10.1. The quantitative estimate of drug-likeness (QED) is 0.898. The molecule has 0 aromatic heterocycles. The van der Waals surface area contributed by atoms with Gasteiger partial charge in [0, 0.05) is 37.4 Å². The Morgan fingerprint density at radius 3 is 2.33 bits per heavy atom. The molecule has 0 radical (unpaired) electrons. The number of amides is 1. The minimum absolute atomic E-state index is 0.0839. The molecule has 0 saturated carbocycles. The molecule has 2 aliphatic heterocycles. The molecule has 0 aliphatic carbocycles. The molecule has 1 amide bonds. The van der Waals surface area contributed by atoms with Gasteiger partial charge in [-0.1, -0.05) is 0 Å². The van der Waals surface area contributed by atoms with Gasteiger partial charge in [0.15, 0.2) is 0 Å². The van der Waals surface area contributed by atoms with Gasteiger partial charge >= 0.3 is 5.97 Å². The Morgan fingerprint density at radius 1 is 1.14 bits per heavy atom. The Labute approximate surface area is 122 Å². The smallest absolute Gasteiger partial charge is 0.308 e. The molecule has 1 aromatic rings. The summed E-state index contributed by atoms with van der Waals surface area (Å²) in [5, 5.41) is 9.01. The molecule has 1 atom stereocenters. The molecule has 2 fully saturated rings. The molecule has 0 spiro atoms. The zero-order valence-electron chi connectivity index (χ0n) is 11.7. The number of anilines is 2. The molecule has 21 heavy (non-hydrogen) atoms. The van der Waals surface area contributed by atoms with E-state index >= 15 is 0 Å². The predicted molar refractivity (Wildman–Crippen MR) is 77.6 cm³/mol. The van der Waals surface area contributed by atoms with Gasteiger partial charge in [0.05, 0.1) is 19.1 Å². The first kappa shape index (κ1) is 13.9. The number of carboxylic acid groups (broad SMARTS) is 1. The van der Waals surface area contributed by atoms with Gasteiger partial charge in [-0.2, -0.15) is 0 Å². The van der Waals surface area contributed by atoms with Gasteiger partial charge in [-0.15, -0.1) is 0 Å². The van der Waals surface area contributed by atoms with Crippen LogP contribution in [0.3, 0.4) is 0 Å². The van der Waals surface area contributed by atoms with Gasteiger partial charge in [0.2, 0.25) is 5.91 Å². The average Bonchev–Trinajstić information content (AvgIpc) is 2.91. The summed E-state index contributed by atoms with van der Waals surface area (Å²) in [6, 6.07) is 7.71. The van der Waals surface area contributed by atoms with Gasteiger partial charge in [0.1, 0.15) is 0 Å². The van der Waals surface area contributed by atoms with E-state index in [1.54, 1.807) is 4.90 Å². The Balaban J connectivity index is 1.72. The molecule has 0 unspecified atom stereocenters. The molecule has 2 aliphatic rings. The maximum absolute atomic E-state index is 11.9. The topological polar surface area (TPSA) is 70.1 Å². The van der Waals surface area contributed by atoms with E-state index in [2.05, 4.69) is 4.90 Å². The highest BCUT2D eigenvalue weighted by atomic mass is 16.5. The number of hydrogen-bond donors (Lipinski definition) is 1. The maximum Gasteiger partial charge on any atom is 0.308 e. The van der Waals surface area contributed by atoms with Crippen molar-refractivity contribution in [2.75, 3.05) is 42.6 Å². The van der Waals surface area contributed by atoms with Crippen molar-refractivity contribution in [3.05, 3.63) is 24.3 Å². The van der Waals surface area contributed by atoms with Gasteiger partial charge in [-0.05, 0) is 24.3 Å². The minimum Gasteiger partial charge on any atom is -0.481 e. The van der Waals surface area contributed by atoms with Gasteiger partial charge in [0.25, 0.3) is 0 Å². The Hall–Kier alpha value is -2.08. The molecule has 6 heteroatoms. The van der Waals surface area contributed by atoms with Crippen molar-refractivity contribution < 1.29 is 19.4 Å². The Bertz CT molecular complexity index is 537. The Kier molecular flexibility index (Phi) is 3.79. The van der Waals surface area contributed by atoms with Crippen LogP contribution in [0.4, 0.5) is 11.4 Å². The summed E-state index contributed by atoms with van der Waals surface area (Å²) < 4.78 is 5.32. The fraction of sp³-hybridized carbons (Fsp3) is 0.467. The van der Waals surface area contributed by atoms with Crippen LogP contribution in [0, 0.1) is 5.92 Å². The lowest BCUT2D eigenvalue weighted by molar-refractivity contribution is -0.141. The van der Waals surface area contributed by atoms with Crippen LogP contribution in [0.25, 0.3) is 0 Å². The van der Waals surface area contributed by atoms with Crippen LogP contribution in [0.1, 0.15) is 6.42 Å². The number of carboxylic acids is 1. The van der Waals surface area contributed by atoms with Crippen LogP contribution in [-0.2, 0) is 14.3 Å². The third-order valence-electron chi connectivity index (χ3n) is 4.01. The Morgan fingerprint density at radius 2 is 1.76 bits per heavy atom. The summed E-state index contributed by atoms with van der Waals surface area (Å²) in [6.07, 6.45) is 0.0839. The normalized spacial score (nSPS) is 22.7. The van der Waals surface area contributed by atoms with Crippen molar-refractivity contribution in [2.24, 2.45) is 5.92 Å². The van der Waals surface area contributed by atoms with E-state index in [0.29, 0.717) is 0 Å². The molecule has 0 bridgehead atoms. The van der Waals surface area contributed by atoms with Crippen LogP contribution < -0.4 is 9.80 Å². The lowest BCUT2D eigenvalue weighted by Gasteiger charge is -2.29. The number of ether oxygens (including phenoxy) is 1. The van der Waals surface area contributed by atoms with Crippen molar-refractivity contribution in [2.45, 2.75) is 6.42 Å². The number of morpholine rings is 1. The second-order valence-electron chi connectivity index (χ2n) is 5.36. The molecular weight excluding hydrogens is 272 g/mol. The standard InChI is InChI=1S/C15H18N2O4/c18-14-9-11(15(19)20)10-17(14)13-3-1-12(2-4-13)16-5-7-21-8-6-16/h1-4,11H,5-10H2,(H,19,20)/t11-/m1/s1. The van der Waals surface area contributed by atoms with E-state index in [-0.39, 0.29) is 18.9 Å². The van der Waals surface area contributed by atoms with Crippen molar-refractivity contribution in [3.8, 4) is 0 Å². The zero-order valence-corrected chi connectivity index (χ0v) is 11.7. The molecule has 2 heterocycles. The van der Waals surface area contributed by atoms with E-state index < -0.39 is 11.9 Å². The van der Waals surface area contributed by atoms with Gasteiger partial charge in [-0.25, -0.2) is 0 Å². The van der Waals surface area contributed by atoms with Crippen molar-refractivity contribution in [3.63, 3.8) is 0 Å². The van der Waals surface area contributed by atoms with Crippen LogP contribution in [0.15, 0.2) is 24.3 Å². The second kappa shape index (κ2) is 5.73. The number of carbonyl (C=O) groups is 2. The summed E-state index contributed by atoms with van der Waals surface area (Å²) in [4.78, 5) is 26.7.